The summed E-state index contributed by atoms with van der Waals surface area (Å²) in [6.07, 6.45) is 5.24. The molecule has 4 aromatic rings. The average Bonchev–Trinajstić information content (AvgIpc) is 3.04. The van der Waals surface area contributed by atoms with Crippen molar-refractivity contribution in [1.29, 1.82) is 0 Å². The second kappa shape index (κ2) is 10.9. The zero-order valence-corrected chi connectivity index (χ0v) is 20.6. The first-order chi connectivity index (χ1) is 18.5. The predicted molar refractivity (Wildman–Crippen MR) is 142 cm³/mol. The number of hydrogen-bond donors (Lipinski definition) is 2. The van der Waals surface area contributed by atoms with Gasteiger partial charge in [0.1, 0.15) is 17.6 Å². The largest absolute Gasteiger partial charge is 0.497 e. The van der Waals surface area contributed by atoms with Crippen LogP contribution in [0.4, 0.5) is 11.5 Å². The van der Waals surface area contributed by atoms with Crippen LogP contribution in [0.2, 0.25) is 0 Å². The van der Waals surface area contributed by atoms with Crippen molar-refractivity contribution in [1.82, 2.24) is 14.9 Å². The van der Waals surface area contributed by atoms with Crippen LogP contribution >= 0.6 is 0 Å². The second-order valence-corrected chi connectivity index (χ2v) is 8.78. The third-order valence-corrected chi connectivity index (χ3v) is 6.28. The molecule has 2 N–H and O–H groups in total. The van der Waals surface area contributed by atoms with Crippen LogP contribution in [0.15, 0.2) is 91.4 Å². The number of hydrogen-bond acceptors (Lipinski definition) is 6. The summed E-state index contributed by atoms with van der Waals surface area (Å²) < 4.78 is 5.28. The van der Waals surface area contributed by atoms with E-state index in [1.165, 1.54) is 7.11 Å². The summed E-state index contributed by atoms with van der Waals surface area (Å²) in [6.45, 7) is 0.171. The quantitative estimate of drug-likeness (QED) is 0.392. The third-order valence-electron chi connectivity index (χ3n) is 6.28. The molecule has 0 aliphatic carbocycles. The molecule has 0 saturated heterocycles. The van der Waals surface area contributed by atoms with Gasteiger partial charge in [-0.25, -0.2) is 4.98 Å². The van der Waals surface area contributed by atoms with E-state index in [4.69, 9.17) is 4.74 Å². The van der Waals surface area contributed by atoms with Crippen molar-refractivity contribution in [3.05, 3.63) is 114 Å². The number of aromatic nitrogens is 2. The number of ether oxygens (including phenoxy) is 1. The fraction of sp³-hybridized carbons (Fsp3) is 0.138. The molecule has 0 unspecified atom stereocenters. The Kier molecular flexibility index (Phi) is 7.08. The number of methoxy groups -OCH3 is 1. The monoisotopic (exact) mass is 507 g/mol. The zero-order chi connectivity index (χ0) is 26.5. The molecule has 3 heterocycles. The number of anilines is 2. The molecule has 0 spiro atoms. The summed E-state index contributed by atoms with van der Waals surface area (Å²) in [7, 11) is 1.53. The Labute approximate surface area is 219 Å². The summed E-state index contributed by atoms with van der Waals surface area (Å²) in [6, 6.07) is 20.1. The smallest absolute Gasteiger partial charge is 0.256 e. The topological polar surface area (TPSA) is 114 Å². The van der Waals surface area contributed by atoms with Gasteiger partial charge in [-0.15, -0.1) is 0 Å². The van der Waals surface area contributed by atoms with Crippen molar-refractivity contribution in [3.63, 3.8) is 0 Å². The Hall–Kier alpha value is -5.05. The maximum atomic E-state index is 13.8. The highest BCUT2D eigenvalue weighted by Gasteiger charge is 2.35. The number of carbonyl (C=O) groups is 3. The Morgan fingerprint density at radius 3 is 2.55 bits per heavy atom. The van der Waals surface area contributed by atoms with E-state index in [0.29, 0.717) is 34.8 Å². The molecule has 9 nitrogen and oxygen atoms in total. The van der Waals surface area contributed by atoms with Gasteiger partial charge in [0, 0.05) is 43.2 Å². The van der Waals surface area contributed by atoms with Gasteiger partial charge in [0.25, 0.3) is 11.8 Å². The number of benzene rings is 2. The van der Waals surface area contributed by atoms with Gasteiger partial charge in [0.2, 0.25) is 5.91 Å². The summed E-state index contributed by atoms with van der Waals surface area (Å²) in [5, 5.41) is 5.65. The molecule has 1 atom stereocenters. The van der Waals surface area contributed by atoms with Gasteiger partial charge in [-0.2, -0.15) is 0 Å². The van der Waals surface area contributed by atoms with Gasteiger partial charge in [-0.3, -0.25) is 19.4 Å². The molecule has 0 bridgehead atoms. The van der Waals surface area contributed by atoms with E-state index in [-0.39, 0.29) is 24.3 Å². The average molecular weight is 508 g/mol. The minimum absolute atomic E-state index is 0.171. The molecule has 1 aliphatic heterocycles. The van der Waals surface area contributed by atoms with Crippen molar-refractivity contribution in [2.75, 3.05) is 17.7 Å². The number of carbonyl (C=O) groups excluding carboxylic acids is 3. The maximum absolute atomic E-state index is 13.8. The van der Waals surface area contributed by atoms with Crippen LogP contribution in [0.5, 0.6) is 5.75 Å². The van der Waals surface area contributed by atoms with Gasteiger partial charge >= 0.3 is 0 Å². The van der Waals surface area contributed by atoms with Gasteiger partial charge in [-0.05, 0) is 53.6 Å². The second-order valence-electron chi connectivity index (χ2n) is 8.78. The van der Waals surface area contributed by atoms with Crippen LogP contribution < -0.4 is 15.4 Å². The molecule has 38 heavy (non-hydrogen) atoms. The Balaban J connectivity index is 1.42. The first-order valence-electron chi connectivity index (χ1n) is 12.0. The summed E-state index contributed by atoms with van der Waals surface area (Å²) in [4.78, 5) is 49.6. The third kappa shape index (κ3) is 5.36. The molecule has 9 heteroatoms. The zero-order valence-electron chi connectivity index (χ0n) is 20.6. The number of amides is 3. The van der Waals surface area contributed by atoms with E-state index >= 15 is 0 Å². The van der Waals surface area contributed by atoms with Gasteiger partial charge < -0.3 is 20.3 Å². The predicted octanol–water partition coefficient (Wildman–Crippen LogP) is 3.94. The van der Waals surface area contributed by atoms with Crippen LogP contribution in [0.3, 0.4) is 0 Å². The van der Waals surface area contributed by atoms with Crippen molar-refractivity contribution in [3.8, 4) is 5.75 Å². The Morgan fingerprint density at radius 2 is 1.84 bits per heavy atom. The van der Waals surface area contributed by atoms with Crippen LogP contribution in [0, 0.1) is 0 Å². The standard InChI is InChI=1S/C29H25N5O4/c1-38-22-11-12-23-24(16-22)32-28(36)25(15-20-5-4-13-30-17-20)34(29(23)37)18-19-7-9-21(10-8-19)27(35)33-26-6-2-3-14-31-26/h2-14,16-17,25H,15,18H2,1H3,(H,32,36)(H,31,33,35)/t25-/m1/s1. The normalized spacial score (nSPS) is 14.8. The highest BCUT2D eigenvalue weighted by molar-refractivity contribution is 6.10. The number of pyridine rings is 2. The minimum atomic E-state index is -0.780. The number of nitrogens with zero attached hydrogens (tertiary/aromatic N) is 3. The van der Waals surface area contributed by atoms with E-state index in [1.807, 2.05) is 6.07 Å². The molecule has 190 valence electrons. The first kappa shape index (κ1) is 24.6. The van der Waals surface area contributed by atoms with Crippen molar-refractivity contribution < 1.29 is 19.1 Å². The minimum Gasteiger partial charge on any atom is -0.497 e. The Bertz CT molecular complexity index is 1460. The van der Waals surface area contributed by atoms with Crippen molar-refractivity contribution >= 4 is 29.2 Å². The lowest BCUT2D eigenvalue weighted by Crippen LogP contribution is -2.46. The lowest BCUT2D eigenvalue weighted by atomic mass is 10.0. The fourth-order valence-electron chi connectivity index (χ4n) is 4.30. The summed E-state index contributed by atoms with van der Waals surface area (Å²) in [5.74, 6) is 0.107. The van der Waals surface area contributed by atoms with Crippen molar-refractivity contribution in [2.24, 2.45) is 0 Å². The molecular formula is C29H25N5O4. The molecule has 0 saturated carbocycles. The van der Waals surface area contributed by atoms with E-state index in [0.717, 1.165) is 11.1 Å². The van der Waals surface area contributed by atoms with Gasteiger partial charge in [-0.1, -0.05) is 24.3 Å². The van der Waals surface area contributed by atoms with Crippen LogP contribution in [0.25, 0.3) is 0 Å². The van der Waals surface area contributed by atoms with E-state index in [9.17, 15) is 14.4 Å². The number of rotatable bonds is 7. The molecule has 3 amide bonds. The van der Waals surface area contributed by atoms with E-state index < -0.39 is 6.04 Å². The fourth-order valence-corrected chi connectivity index (χ4v) is 4.30. The molecule has 2 aromatic heterocycles. The molecule has 0 radical (unpaired) electrons. The van der Waals surface area contributed by atoms with Crippen LogP contribution in [-0.4, -0.2) is 45.7 Å². The van der Waals surface area contributed by atoms with E-state index in [1.54, 1.807) is 90.2 Å². The molecule has 2 aromatic carbocycles. The summed E-state index contributed by atoms with van der Waals surface area (Å²) >= 11 is 0. The van der Waals surface area contributed by atoms with Gasteiger partial charge in [0.05, 0.1) is 18.4 Å². The van der Waals surface area contributed by atoms with Crippen LogP contribution in [-0.2, 0) is 17.8 Å². The first-order valence-corrected chi connectivity index (χ1v) is 12.0. The van der Waals surface area contributed by atoms with Crippen molar-refractivity contribution in [2.45, 2.75) is 19.0 Å². The lowest BCUT2D eigenvalue weighted by Gasteiger charge is -2.29. The molecule has 0 fully saturated rings. The molecule has 1 aliphatic rings. The Morgan fingerprint density at radius 1 is 1.00 bits per heavy atom. The molecule has 5 rings (SSSR count). The van der Waals surface area contributed by atoms with Crippen LogP contribution in [0.1, 0.15) is 31.8 Å². The van der Waals surface area contributed by atoms with Gasteiger partial charge in [0.15, 0.2) is 0 Å². The lowest BCUT2D eigenvalue weighted by molar-refractivity contribution is -0.120. The summed E-state index contributed by atoms with van der Waals surface area (Å²) in [5.41, 5.74) is 2.83. The number of fused-ring (bicyclic) bond motifs is 1. The highest BCUT2D eigenvalue weighted by Crippen LogP contribution is 2.29. The maximum Gasteiger partial charge on any atom is 0.256 e. The highest BCUT2D eigenvalue weighted by atomic mass is 16.5. The molecular weight excluding hydrogens is 482 g/mol. The van der Waals surface area contributed by atoms with E-state index in [2.05, 4.69) is 20.6 Å². The SMILES string of the molecule is COc1ccc2c(c1)NC(=O)[C@@H](Cc1cccnc1)N(Cc1ccc(C(=O)Nc3ccccn3)cc1)C2=O. The number of nitrogens with one attached hydrogen (secondary N) is 2.